The first-order valence-electron chi connectivity index (χ1n) is 16.1. The van der Waals surface area contributed by atoms with Crippen molar-refractivity contribution in [2.45, 2.75) is 43.3 Å². The van der Waals surface area contributed by atoms with E-state index in [1.54, 1.807) is 30.3 Å². The average molecular weight is 711 g/mol. The summed E-state index contributed by atoms with van der Waals surface area (Å²) in [7, 11) is 1.42. The number of rotatable bonds is 7. The Morgan fingerprint density at radius 1 is 1.10 bits per heavy atom. The molecule has 1 N–H and O–H groups in total. The van der Waals surface area contributed by atoms with Crippen LogP contribution in [0.4, 0.5) is 29.1 Å². The number of anilines is 2. The van der Waals surface area contributed by atoms with Crippen LogP contribution in [0.1, 0.15) is 19.2 Å². The zero-order valence-electron chi connectivity index (χ0n) is 27.2. The van der Waals surface area contributed by atoms with Gasteiger partial charge in [-0.15, -0.1) is 0 Å². The van der Waals surface area contributed by atoms with Crippen LogP contribution in [-0.4, -0.2) is 94.8 Å². The maximum absolute atomic E-state index is 15.1. The van der Waals surface area contributed by atoms with E-state index in [-0.39, 0.29) is 58.8 Å². The van der Waals surface area contributed by atoms with Crippen LogP contribution in [0.5, 0.6) is 11.8 Å². The molecule has 3 atom stereocenters. The third kappa shape index (κ3) is 5.60. The Hall–Kier alpha value is -5.29. The van der Waals surface area contributed by atoms with Gasteiger partial charge >= 0.3 is 12.1 Å². The number of pyridine rings is 2. The molecule has 266 valence electrons. The van der Waals surface area contributed by atoms with Crippen molar-refractivity contribution >= 4 is 39.5 Å². The van der Waals surface area contributed by atoms with Crippen molar-refractivity contribution in [2.75, 3.05) is 49.8 Å². The van der Waals surface area contributed by atoms with Crippen molar-refractivity contribution in [1.29, 1.82) is 0 Å². The number of carboxylic acids is 1. The van der Waals surface area contributed by atoms with Gasteiger partial charge in [0.1, 0.15) is 40.4 Å². The predicted molar refractivity (Wildman–Crippen MR) is 172 cm³/mol. The van der Waals surface area contributed by atoms with E-state index in [0.29, 0.717) is 43.0 Å². The molecule has 13 nitrogen and oxygen atoms in total. The van der Waals surface area contributed by atoms with Crippen LogP contribution in [0.3, 0.4) is 0 Å². The van der Waals surface area contributed by atoms with Gasteiger partial charge in [0, 0.05) is 41.7 Å². The van der Waals surface area contributed by atoms with E-state index in [0.717, 1.165) is 6.20 Å². The lowest BCUT2D eigenvalue weighted by Crippen LogP contribution is -2.68. The smallest absolute Gasteiger partial charge is 0.451 e. The van der Waals surface area contributed by atoms with E-state index >= 15 is 4.39 Å². The van der Waals surface area contributed by atoms with E-state index < -0.39 is 41.5 Å². The van der Waals surface area contributed by atoms with Gasteiger partial charge in [-0.25, -0.2) is 29.1 Å². The van der Waals surface area contributed by atoms with Gasteiger partial charge in [0.15, 0.2) is 11.4 Å². The molecule has 0 bridgehead atoms. The number of aliphatic carboxylic acids is 1. The highest BCUT2D eigenvalue weighted by Gasteiger charge is 2.50. The molecule has 1 unspecified atom stereocenters. The predicted octanol–water partition coefficient (Wildman–Crippen LogP) is 5.10. The van der Waals surface area contributed by atoms with Crippen LogP contribution in [0, 0.1) is 5.82 Å². The van der Waals surface area contributed by atoms with E-state index in [2.05, 4.69) is 19.9 Å². The Balaban J connectivity index is 1.19. The Kier molecular flexibility index (Phi) is 7.86. The van der Waals surface area contributed by atoms with Gasteiger partial charge in [-0.05, 0) is 25.1 Å². The number of ether oxygens (including phenoxy) is 4. The van der Waals surface area contributed by atoms with Crippen molar-refractivity contribution in [2.24, 2.45) is 0 Å². The standard InChI is InChI=1S/C34H30F4N6O7/c1-17-33(15-48-16-33)49-8-7-43(17)23-9-18(21-11-26(47-2)39-13-22(21)35)12-40-30(23)50-19-10-24(31(45)46)44(14-19)29-28-27(41-32(42-29)34(36,37)38)20-5-3-4-6-25(20)51-28/h3-6,9,11-13,17,19,24H,7-8,10,14-16H2,1-2H3,(H,45,46)/t17-,19?,24-/m0/s1. The van der Waals surface area contributed by atoms with E-state index in [9.17, 15) is 23.1 Å². The Morgan fingerprint density at radius 2 is 1.90 bits per heavy atom. The second-order valence-electron chi connectivity index (χ2n) is 12.7. The molecule has 3 fully saturated rings. The number of hydrogen-bond acceptors (Lipinski definition) is 12. The molecule has 8 rings (SSSR count). The average Bonchev–Trinajstić information content (AvgIpc) is 3.69. The lowest BCUT2D eigenvalue weighted by Gasteiger charge is -2.53. The highest BCUT2D eigenvalue weighted by atomic mass is 19.4. The summed E-state index contributed by atoms with van der Waals surface area (Å²) in [6, 6.07) is 8.05. The Morgan fingerprint density at radius 3 is 2.63 bits per heavy atom. The molecule has 3 aliphatic rings. The summed E-state index contributed by atoms with van der Waals surface area (Å²) in [6.45, 7) is 3.32. The number of carbonyl (C=O) groups is 1. The maximum Gasteiger partial charge on any atom is 0.451 e. The molecule has 0 aliphatic carbocycles. The molecule has 0 amide bonds. The van der Waals surface area contributed by atoms with E-state index in [1.807, 2.05) is 11.8 Å². The number of halogens is 4. The number of aromatic nitrogens is 4. The van der Waals surface area contributed by atoms with Crippen LogP contribution in [0.25, 0.3) is 33.2 Å². The first kappa shape index (κ1) is 32.9. The number of alkyl halides is 3. The summed E-state index contributed by atoms with van der Waals surface area (Å²) < 4.78 is 86.5. The van der Waals surface area contributed by atoms with Gasteiger partial charge in [0.05, 0.1) is 45.7 Å². The molecule has 3 saturated heterocycles. The zero-order valence-corrected chi connectivity index (χ0v) is 27.2. The molecular weight excluding hydrogens is 680 g/mol. The number of morpholine rings is 1. The quantitative estimate of drug-likeness (QED) is 0.224. The van der Waals surface area contributed by atoms with Crippen molar-refractivity contribution in [1.82, 2.24) is 19.9 Å². The lowest BCUT2D eigenvalue weighted by molar-refractivity contribution is -0.228. The number of hydrogen-bond donors (Lipinski definition) is 1. The number of fused-ring (bicyclic) bond motifs is 3. The topological polar surface area (TPSA) is 145 Å². The highest BCUT2D eigenvalue weighted by Crippen LogP contribution is 2.43. The first-order valence-corrected chi connectivity index (χ1v) is 16.1. The second kappa shape index (κ2) is 12.2. The maximum atomic E-state index is 15.1. The number of carboxylic acid groups (broad SMARTS) is 1. The summed E-state index contributed by atoms with van der Waals surface area (Å²) in [4.78, 5) is 32.0. The molecule has 1 spiro atoms. The minimum atomic E-state index is -4.92. The molecular formula is C34H30F4N6O7. The summed E-state index contributed by atoms with van der Waals surface area (Å²) in [5.41, 5.74) is 0.578. The number of benzene rings is 1. The first-order chi connectivity index (χ1) is 24.5. The van der Waals surface area contributed by atoms with Crippen molar-refractivity contribution < 1.29 is 50.8 Å². The number of nitrogens with zero attached hydrogens (tertiary/aromatic N) is 6. The largest absolute Gasteiger partial charge is 0.481 e. The van der Waals surface area contributed by atoms with Gasteiger partial charge in [-0.1, -0.05) is 12.1 Å². The summed E-state index contributed by atoms with van der Waals surface area (Å²) in [6.07, 6.45) is -3.46. The second-order valence-corrected chi connectivity index (χ2v) is 12.7. The summed E-state index contributed by atoms with van der Waals surface area (Å²) >= 11 is 0. The van der Waals surface area contributed by atoms with Crippen LogP contribution >= 0.6 is 0 Å². The highest BCUT2D eigenvalue weighted by molar-refractivity contribution is 6.06. The third-order valence-electron chi connectivity index (χ3n) is 9.69. The Bertz CT molecular complexity index is 2160. The van der Waals surface area contributed by atoms with Crippen molar-refractivity contribution in [3.05, 3.63) is 60.4 Å². The monoisotopic (exact) mass is 710 g/mol. The van der Waals surface area contributed by atoms with Crippen molar-refractivity contribution in [3.8, 4) is 22.9 Å². The minimum Gasteiger partial charge on any atom is -0.481 e. The summed E-state index contributed by atoms with van der Waals surface area (Å²) in [5, 5.41) is 10.6. The molecule has 51 heavy (non-hydrogen) atoms. The lowest BCUT2D eigenvalue weighted by atomic mass is 9.90. The van der Waals surface area contributed by atoms with Crippen molar-refractivity contribution in [3.63, 3.8) is 0 Å². The van der Waals surface area contributed by atoms with E-state index in [1.165, 1.54) is 24.3 Å². The fourth-order valence-electron chi connectivity index (χ4n) is 6.95. The minimum absolute atomic E-state index is 0.0794. The van der Waals surface area contributed by atoms with Crippen LogP contribution < -0.4 is 19.3 Å². The number of furan rings is 1. The molecule has 7 heterocycles. The molecule has 17 heteroatoms. The SMILES string of the molecule is COc1cc(-c2cnc(OC3C[C@@H](C(=O)O)N(c4nc(C(F)(F)F)nc5c4oc4ccccc45)C3)c(N3CCOC4(COC4)[C@@H]3C)c2)c(F)cn1. The molecule has 4 aromatic heterocycles. The van der Waals surface area contributed by atoms with Gasteiger partial charge in [-0.2, -0.15) is 13.2 Å². The normalized spacial score (nSPS) is 21.7. The molecule has 5 aromatic rings. The third-order valence-corrected chi connectivity index (χ3v) is 9.69. The van der Waals surface area contributed by atoms with E-state index in [4.69, 9.17) is 23.4 Å². The Labute approximate surface area is 286 Å². The van der Waals surface area contributed by atoms with Gasteiger partial charge < -0.3 is 38.3 Å². The number of para-hydroxylation sites is 1. The van der Waals surface area contributed by atoms with Gasteiger partial charge in [0.25, 0.3) is 0 Å². The zero-order chi connectivity index (χ0) is 35.7. The molecule has 3 aliphatic heterocycles. The fourth-order valence-corrected chi connectivity index (χ4v) is 6.95. The summed E-state index contributed by atoms with van der Waals surface area (Å²) in [5.74, 6) is -3.33. The van der Waals surface area contributed by atoms with Crippen LogP contribution in [0.2, 0.25) is 0 Å². The van der Waals surface area contributed by atoms with Gasteiger partial charge in [-0.3, -0.25) is 0 Å². The van der Waals surface area contributed by atoms with Crippen LogP contribution in [-0.2, 0) is 20.4 Å². The molecule has 1 aromatic carbocycles. The fraction of sp³-hybridized carbons (Fsp3) is 0.382. The molecule has 0 radical (unpaired) electrons. The van der Waals surface area contributed by atoms with Gasteiger partial charge in [0.2, 0.25) is 17.6 Å². The van der Waals surface area contributed by atoms with Crippen LogP contribution in [0.15, 0.2) is 53.2 Å². The number of methoxy groups -OCH3 is 1. The molecule has 0 saturated carbocycles.